The summed E-state index contributed by atoms with van der Waals surface area (Å²) in [6.07, 6.45) is 2.72. The van der Waals surface area contributed by atoms with Crippen LogP contribution in [0.3, 0.4) is 0 Å². The summed E-state index contributed by atoms with van der Waals surface area (Å²) in [6.45, 7) is 8.31. The average molecular weight is 358 g/mol. The Morgan fingerprint density at radius 1 is 0.815 bits per heavy atom. The van der Waals surface area contributed by atoms with Crippen molar-refractivity contribution < 1.29 is 5.11 Å². The lowest BCUT2D eigenvalue weighted by atomic mass is 9.96. The summed E-state index contributed by atoms with van der Waals surface area (Å²) in [6, 6.07) is 15.8. The minimum absolute atomic E-state index is 0.261. The van der Waals surface area contributed by atoms with E-state index in [4.69, 9.17) is 5.73 Å². The van der Waals surface area contributed by atoms with Gasteiger partial charge in [0.15, 0.2) is 0 Å². The predicted molar refractivity (Wildman–Crippen MR) is 114 cm³/mol. The van der Waals surface area contributed by atoms with Crippen molar-refractivity contribution in [3.05, 3.63) is 87.5 Å². The highest BCUT2D eigenvalue weighted by molar-refractivity contribution is 5.83. The Labute approximate surface area is 161 Å². The molecule has 0 aliphatic heterocycles. The normalized spacial score (nSPS) is 11.3. The van der Waals surface area contributed by atoms with Gasteiger partial charge in [-0.25, -0.2) is 0 Å². The fourth-order valence-electron chi connectivity index (χ4n) is 3.45. The van der Waals surface area contributed by atoms with E-state index in [1.807, 2.05) is 18.3 Å². The van der Waals surface area contributed by atoms with E-state index in [1.165, 1.54) is 11.1 Å². The number of aliphatic imine (C=N–C) groups is 1. The van der Waals surface area contributed by atoms with Gasteiger partial charge in [-0.3, -0.25) is 4.99 Å². The largest absolute Gasteiger partial charge is 0.508 e. The summed E-state index contributed by atoms with van der Waals surface area (Å²) in [7, 11) is 0. The number of benzene rings is 3. The predicted octanol–water partition coefficient (Wildman–Crippen LogP) is 5.55. The molecule has 0 saturated carbocycles. The molecule has 0 fully saturated rings. The molecule has 0 aromatic heterocycles. The monoisotopic (exact) mass is 358 g/mol. The van der Waals surface area contributed by atoms with E-state index in [0.29, 0.717) is 0 Å². The second kappa shape index (κ2) is 7.67. The summed E-state index contributed by atoms with van der Waals surface area (Å²) in [5.41, 5.74) is 16.0. The van der Waals surface area contributed by atoms with Crippen molar-refractivity contribution in [3.63, 3.8) is 0 Å². The first-order valence-electron chi connectivity index (χ1n) is 9.12. The van der Waals surface area contributed by atoms with Gasteiger partial charge in [0.05, 0.1) is 5.69 Å². The zero-order valence-electron chi connectivity index (χ0n) is 16.4. The molecule has 3 heteroatoms. The van der Waals surface area contributed by atoms with E-state index in [2.05, 4.69) is 57.0 Å². The molecule has 3 rings (SSSR count). The summed E-state index contributed by atoms with van der Waals surface area (Å²) >= 11 is 0. The second-order valence-electron chi connectivity index (χ2n) is 7.25. The summed E-state index contributed by atoms with van der Waals surface area (Å²) < 4.78 is 0. The highest BCUT2D eigenvalue weighted by Gasteiger charge is 2.07. The van der Waals surface area contributed by atoms with Gasteiger partial charge in [-0.2, -0.15) is 0 Å². The second-order valence-corrected chi connectivity index (χ2v) is 7.25. The molecule has 0 radical (unpaired) electrons. The van der Waals surface area contributed by atoms with Crippen LogP contribution in [0.15, 0.2) is 53.5 Å². The molecule has 3 nitrogen and oxygen atoms in total. The zero-order valence-corrected chi connectivity index (χ0v) is 16.4. The number of phenolic OH excluding ortho intramolecular Hbond substituents is 1. The number of nitrogens with two attached hydrogens (primary N) is 1. The van der Waals surface area contributed by atoms with Gasteiger partial charge >= 0.3 is 0 Å². The number of hydrogen-bond acceptors (Lipinski definition) is 3. The van der Waals surface area contributed by atoms with Crippen LogP contribution in [-0.4, -0.2) is 11.3 Å². The van der Waals surface area contributed by atoms with Gasteiger partial charge in [0, 0.05) is 11.9 Å². The molecule has 3 aromatic rings. The Bertz CT molecular complexity index is 955. The molecule has 0 unspecified atom stereocenters. The molecule has 3 aromatic carbocycles. The lowest BCUT2D eigenvalue weighted by molar-refractivity contribution is 0.475. The molecule has 3 N–H and O–H groups in total. The van der Waals surface area contributed by atoms with Gasteiger partial charge < -0.3 is 10.8 Å². The van der Waals surface area contributed by atoms with Gasteiger partial charge in [-0.05, 0) is 97.3 Å². The number of nitrogen functional groups attached to an aromatic ring is 1. The van der Waals surface area contributed by atoms with E-state index < -0.39 is 0 Å². The first-order chi connectivity index (χ1) is 12.8. The molecule has 0 heterocycles. The van der Waals surface area contributed by atoms with Crippen LogP contribution in [0, 0.1) is 27.7 Å². The van der Waals surface area contributed by atoms with Crippen LogP contribution in [-0.2, 0) is 6.42 Å². The quantitative estimate of drug-likeness (QED) is 0.474. The van der Waals surface area contributed by atoms with Crippen molar-refractivity contribution in [1.82, 2.24) is 0 Å². The van der Waals surface area contributed by atoms with E-state index in [9.17, 15) is 5.11 Å². The van der Waals surface area contributed by atoms with Crippen LogP contribution in [0.2, 0.25) is 0 Å². The van der Waals surface area contributed by atoms with Crippen LogP contribution < -0.4 is 5.73 Å². The Morgan fingerprint density at radius 2 is 1.30 bits per heavy atom. The number of phenols is 1. The summed E-state index contributed by atoms with van der Waals surface area (Å²) in [4.78, 5) is 4.67. The maximum atomic E-state index is 9.38. The third kappa shape index (κ3) is 4.37. The number of aromatic hydroxyl groups is 1. The molecule has 0 aliphatic rings. The van der Waals surface area contributed by atoms with E-state index in [1.54, 1.807) is 12.1 Å². The number of aryl methyl sites for hydroxylation is 4. The van der Waals surface area contributed by atoms with Crippen LogP contribution in [0.5, 0.6) is 5.75 Å². The molecular weight excluding hydrogens is 332 g/mol. The van der Waals surface area contributed by atoms with Crippen LogP contribution in [0.25, 0.3) is 0 Å². The lowest BCUT2D eigenvalue weighted by Crippen LogP contribution is -1.98. The van der Waals surface area contributed by atoms with Gasteiger partial charge in [0.2, 0.25) is 0 Å². The molecular formula is C24H26N2O. The van der Waals surface area contributed by atoms with Gasteiger partial charge in [-0.1, -0.05) is 24.3 Å². The Hall–Kier alpha value is -3.07. The van der Waals surface area contributed by atoms with Crippen LogP contribution >= 0.6 is 0 Å². The van der Waals surface area contributed by atoms with Crippen molar-refractivity contribution in [3.8, 4) is 5.75 Å². The molecule has 0 amide bonds. The van der Waals surface area contributed by atoms with E-state index >= 15 is 0 Å². The molecule has 0 atom stereocenters. The summed E-state index contributed by atoms with van der Waals surface area (Å²) in [5.74, 6) is 0.261. The lowest BCUT2D eigenvalue weighted by Gasteiger charge is -2.12. The minimum atomic E-state index is 0.261. The molecule has 0 bridgehead atoms. The topological polar surface area (TPSA) is 58.6 Å². The number of hydrogen-bond donors (Lipinski definition) is 2. The molecule has 0 saturated heterocycles. The first-order valence-corrected chi connectivity index (χ1v) is 9.12. The van der Waals surface area contributed by atoms with Crippen molar-refractivity contribution >= 4 is 17.6 Å². The average Bonchev–Trinajstić information content (AvgIpc) is 2.60. The SMILES string of the molecule is Cc1cc(Cc2cc(C)c(N=Cc3ccc(O)cc3)c(C)c2)cc(C)c1N. The maximum absolute atomic E-state index is 9.38. The molecule has 0 aliphatic carbocycles. The number of rotatable bonds is 4. The van der Waals surface area contributed by atoms with Gasteiger partial charge in [-0.15, -0.1) is 0 Å². The Morgan fingerprint density at radius 3 is 1.81 bits per heavy atom. The fraction of sp³-hybridized carbons (Fsp3) is 0.208. The third-order valence-corrected chi connectivity index (χ3v) is 4.85. The van der Waals surface area contributed by atoms with Crippen LogP contribution in [0.1, 0.15) is 38.9 Å². The molecule has 138 valence electrons. The molecule has 0 spiro atoms. The Kier molecular flexibility index (Phi) is 5.31. The van der Waals surface area contributed by atoms with E-state index in [-0.39, 0.29) is 5.75 Å². The first kappa shape index (κ1) is 18.7. The van der Waals surface area contributed by atoms with Crippen LogP contribution in [0.4, 0.5) is 11.4 Å². The van der Waals surface area contributed by atoms with Crippen molar-refractivity contribution in [1.29, 1.82) is 0 Å². The maximum Gasteiger partial charge on any atom is 0.115 e. The molecule has 27 heavy (non-hydrogen) atoms. The standard InChI is InChI=1S/C24H26N2O/c1-15-9-20(10-16(2)23(15)25)13-21-11-17(3)24(18(4)12-21)26-14-19-5-7-22(27)8-6-19/h5-12,14,27H,13,25H2,1-4H3. The zero-order chi connectivity index (χ0) is 19.6. The van der Waals surface area contributed by atoms with Gasteiger partial charge in [0.1, 0.15) is 5.75 Å². The number of anilines is 1. The minimum Gasteiger partial charge on any atom is -0.508 e. The third-order valence-electron chi connectivity index (χ3n) is 4.85. The van der Waals surface area contributed by atoms with Crippen molar-refractivity contribution in [2.75, 3.05) is 5.73 Å². The number of nitrogens with zero attached hydrogens (tertiary/aromatic N) is 1. The van der Waals surface area contributed by atoms with E-state index in [0.717, 1.165) is 45.6 Å². The van der Waals surface area contributed by atoms with Crippen molar-refractivity contribution in [2.45, 2.75) is 34.1 Å². The fourth-order valence-corrected chi connectivity index (χ4v) is 3.45. The van der Waals surface area contributed by atoms with Crippen molar-refractivity contribution in [2.24, 2.45) is 4.99 Å². The Balaban J connectivity index is 1.85. The summed E-state index contributed by atoms with van der Waals surface area (Å²) in [5, 5.41) is 9.38. The highest BCUT2D eigenvalue weighted by Crippen LogP contribution is 2.27. The van der Waals surface area contributed by atoms with Gasteiger partial charge in [0.25, 0.3) is 0 Å². The smallest absolute Gasteiger partial charge is 0.115 e. The highest BCUT2D eigenvalue weighted by atomic mass is 16.3.